The van der Waals surface area contributed by atoms with Crippen LogP contribution in [-0.4, -0.2) is 0 Å². The van der Waals surface area contributed by atoms with Crippen LogP contribution < -0.4 is 0 Å². The Morgan fingerprint density at radius 3 is 2.00 bits per heavy atom. The number of rotatable bonds is 0. The van der Waals surface area contributed by atoms with Gasteiger partial charge in [-0.15, -0.1) is 0 Å². The maximum atomic E-state index is 4.87. The van der Waals surface area contributed by atoms with Crippen LogP contribution in [0.2, 0.25) is 0 Å². The van der Waals surface area contributed by atoms with Gasteiger partial charge in [-0.1, -0.05) is 81.8 Å². The highest BCUT2D eigenvalue weighted by atomic mass is 36.0. The molecule has 0 nitrogen and oxygen atoms in total. The molecule has 0 heterocycles. The topological polar surface area (TPSA) is 0 Å². The van der Waals surface area contributed by atoms with Gasteiger partial charge in [-0.2, -0.15) is 0 Å². The molecule has 0 N–H and O–H groups in total. The Hall–Kier alpha value is 0.000000000000000111. The van der Waals surface area contributed by atoms with Crippen molar-refractivity contribution in [3.63, 3.8) is 0 Å². The molecule has 0 radical (unpaired) electrons. The molecule has 0 aliphatic carbocycles. The van der Waals surface area contributed by atoms with Crippen molar-refractivity contribution in [2.45, 2.75) is 6.92 Å². The Kier molecular flexibility index (Phi) is 5.71. The maximum absolute atomic E-state index is 4.87. The van der Waals surface area contributed by atoms with Crippen LogP contribution in [0.3, 0.4) is 0 Å². The summed E-state index contributed by atoms with van der Waals surface area (Å²) in [5.41, 5.74) is 1.32. The van der Waals surface area contributed by atoms with Gasteiger partial charge < -0.3 is 0 Å². The molecule has 0 amide bonds. The lowest BCUT2D eigenvalue weighted by molar-refractivity contribution is 1.51. The minimum atomic E-state index is -1.20. The highest BCUT2D eigenvalue weighted by molar-refractivity contribution is 8.20. The Morgan fingerprint density at radius 2 is 1.40 bits per heavy atom. The van der Waals surface area contributed by atoms with Crippen molar-refractivity contribution in [2.24, 2.45) is 0 Å². The molecule has 0 atom stereocenters. The summed E-state index contributed by atoms with van der Waals surface area (Å²) in [5, 5.41) is 2.64. The van der Waals surface area contributed by atoms with Crippen molar-refractivity contribution in [1.82, 2.24) is 0 Å². The standard InChI is InChI=1S/C11H10.Cl3P/c1-9-6-7-10-4-2-3-5-11(10)8-9;1-4(2)3/h2-8H,1H3;. The van der Waals surface area contributed by atoms with Gasteiger partial charge in [0.1, 0.15) is 0 Å². The van der Waals surface area contributed by atoms with Crippen molar-refractivity contribution < 1.29 is 0 Å². The first-order valence-corrected chi connectivity index (χ1v) is 8.38. The van der Waals surface area contributed by atoms with E-state index in [0.29, 0.717) is 0 Å². The highest BCUT2D eigenvalue weighted by Crippen LogP contribution is 2.51. The van der Waals surface area contributed by atoms with Gasteiger partial charge in [0.2, 0.25) is 0 Å². The number of hydrogen-bond donors (Lipinski definition) is 0. The first-order valence-electron chi connectivity index (χ1n) is 4.32. The fourth-order valence-corrected chi connectivity index (χ4v) is 1.31. The lowest BCUT2D eigenvalue weighted by atomic mass is 10.1. The van der Waals surface area contributed by atoms with E-state index in [9.17, 15) is 0 Å². The Bertz CT molecular complexity index is 426. The van der Waals surface area contributed by atoms with Crippen LogP contribution in [-0.2, 0) is 0 Å². The number of aryl methyl sites for hydroxylation is 1. The van der Waals surface area contributed by atoms with Crippen molar-refractivity contribution in [3.8, 4) is 0 Å². The molecular weight excluding hydrogens is 269 g/mol. The third-order valence-electron chi connectivity index (χ3n) is 1.90. The molecule has 80 valence electrons. The molecule has 15 heavy (non-hydrogen) atoms. The Morgan fingerprint density at radius 1 is 0.867 bits per heavy atom. The number of halogens is 3. The molecule has 0 fully saturated rings. The molecule has 0 saturated heterocycles. The van der Waals surface area contributed by atoms with Crippen molar-refractivity contribution in [1.29, 1.82) is 0 Å². The third-order valence-corrected chi connectivity index (χ3v) is 1.90. The summed E-state index contributed by atoms with van der Waals surface area (Å²) in [5.74, 6) is -1.20. The van der Waals surface area contributed by atoms with E-state index in [1.54, 1.807) is 0 Å². The lowest BCUT2D eigenvalue weighted by Gasteiger charge is -1.96. The van der Waals surface area contributed by atoms with Crippen LogP contribution in [0.25, 0.3) is 10.8 Å². The van der Waals surface area contributed by atoms with E-state index >= 15 is 0 Å². The Balaban J connectivity index is 0.000000245. The monoisotopic (exact) mass is 278 g/mol. The summed E-state index contributed by atoms with van der Waals surface area (Å²) < 4.78 is 0. The number of fused-ring (bicyclic) bond motifs is 1. The van der Waals surface area contributed by atoms with Gasteiger partial charge in [-0.3, -0.25) is 0 Å². The molecule has 4 heteroatoms. The van der Waals surface area contributed by atoms with Gasteiger partial charge in [0.15, 0.2) is 5.98 Å². The molecule has 2 aromatic carbocycles. The molecule has 0 saturated carbocycles. The largest absolute Gasteiger partial charge is 0.179 e. The summed E-state index contributed by atoms with van der Waals surface area (Å²) in [7, 11) is 0. The van der Waals surface area contributed by atoms with Crippen LogP contribution in [0.1, 0.15) is 5.56 Å². The molecule has 0 spiro atoms. The van der Waals surface area contributed by atoms with E-state index in [-0.39, 0.29) is 0 Å². The predicted octanol–water partition coefficient (Wildman–Crippen LogP) is 6.08. The summed E-state index contributed by atoms with van der Waals surface area (Å²) >= 11 is 14.6. The SMILES string of the molecule is Cc1ccc2ccccc2c1.ClP(Cl)Cl. The first-order chi connectivity index (χ1) is 7.09. The molecule has 0 unspecified atom stereocenters. The fourth-order valence-electron chi connectivity index (χ4n) is 1.31. The van der Waals surface area contributed by atoms with Crippen molar-refractivity contribution in [3.05, 3.63) is 48.0 Å². The predicted molar refractivity (Wildman–Crippen MR) is 73.2 cm³/mol. The quantitative estimate of drug-likeness (QED) is 0.513. The van der Waals surface area contributed by atoms with Crippen LogP contribution in [0.15, 0.2) is 42.5 Å². The number of benzene rings is 2. The van der Waals surface area contributed by atoms with E-state index in [2.05, 4.69) is 49.4 Å². The van der Waals surface area contributed by atoms with Crippen molar-refractivity contribution in [2.75, 3.05) is 0 Å². The van der Waals surface area contributed by atoms with Crippen LogP contribution in [0, 0.1) is 6.92 Å². The average molecular weight is 280 g/mol. The summed E-state index contributed by atoms with van der Waals surface area (Å²) in [6.07, 6.45) is 0. The molecule has 2 aromatic rings. The smallest absolute Gasteiger partial charge is 0.0616 e. The third kappa shape index (κ3) is 5.04. The molecule has 0 bridgehead atoms. The van der Waals surface area contributed by atoms with Crippen LogP contribution >= 0.6 is 39.7 Å². The normalized spacial score (nSPS) is 9.93. The van der Waals surface area contributed by atoms with Gasteiger partial charge in [0, 0.05) is 0 Å². The number of hydrogen-bond acceptors (Lipinski definition) is 0. The first kappa shape index (κ1) is 13.1. The van der Waals surface area contributed by atoms with E-state index in [1.807, 2.05) is 0 Å². The van der Waals surface area contributed by atoms with Crippen LogP contribution in [0.4, 0.5) is 0 Å². The van der Waals surface area contributed by atoms with Crippen molar-refractivity contribution >= 4 is 50.5 Å². The zero-order valence-corrected chi connectivity index (χ0v) is 11.3. The minimum Gasteiger partial charge on any atom is -0.0616 e. The zero-order valence-electron chi connectivity index (χ0n) is 8.12. The van der Waals surface area contributed by atoms with E-state index in [0.717, 1.165) is 0 Å². The average Bonchev–Trinajstić information content (AvgIpc) is 2.16. The second kappa shape index (κ2) is 6.55. The second-order valence-electron chi connectivity index (χ2n) is 3.04. The van der Waals surface area contributed by atoms with Gasteiger partial charge in [0.05, 0.1) is 0 Å². The Labute approximate surface area is 105 Å². The molecule has 0 aromatic heterocycles. The summed E-state index contributed by atoms with van der Waals surface area (Å²) in [6.45, 7) is 2.12. The van der Waals surface area contributed by atoms with E-state index in [4.69, 9.17) is 33.7 Å². The fraction of sp³-hybridized carbons (Fsp3) is 0.0909. The molecule has 0 aliphatic heterocycles. The molecular formula is C11H10Cl3P. The van der Waals surface area contributed by atoms with Gasteiger partial charge in [0.25, 0.3) is 0 Å². The van der Waals surface area contributed by atoms with E-state index < -0.39 is 5.98 Å². The maximum Gasteiger partial charge on any atom is 0.179 e. The van der Waals surface area contributed by atoms with Crippen LogP contribution in [0.5, 0.6) is 0 Å². The van der Waals surface area contributed by atoms with Gasteiger partial charge in [-0.25, -0.2) is 0 Å². The summed E-state index contributed by atoms with van der Waals surface area (Å²) in [6, 6.07) is 14.9. The molecule has 2 rings (SSSR count). The van der Waals surface area contributed by atoms with Gasteiger partial charge in [-0.05, 0) is 17.7 Å². The zero-order chi connectivity index (χ0) is 11.3. The second-order valence-corrected chi connectivity index (χ2v) is 8.03. The highest BCUT2D eigenvalue weighted by Gasteiger charge is 1.89. The molecule has 0 aliphatic rings. The minimum absolute atomic E-state index is 1.20. The van der Waals surface area contributed by atoms with Gasteiger partial charge >= 0.3 is 0 Å². The van der Waals surface area contributed by atoms with E-state index in [1.165, 1.54) is 16.3 Å². The lowest BCUT2D eigenvalue weighted by Crippen LogP contribution is -1.73. The summed E-state index contributed by atoms with van der Waals surface area (Å²) in [4.78, 5) is 0.